The number of benzene rings is 2. The Hall–Kier alpha value is -1.91. The average molecular weight is 284 g/mol. The SMILES string of the molecule is NCC1(C(=O)Nc2cccc3ccccc23)CCOCC1. The maximum atomic E-state index is 12.7. The summed E-state index contributed by atoms with van der Waals surface area (Å²) in [6.07, 6.45) is 1.36. The number of nitrogens with two attached hydrogens (primary N) is 1. The Labute approximate surface area is 124 Å². The molecule has 4 nitrogen and oxygen atoms in total. The van der Waals surface area contributed by atoms with Gasteiger partial charge in [0.05, 0.1) is 5.41 Å². The number of carbonyl (C=O) groups excluding carboxylic acids is 1. The predicted molar refractivity (Wildman–Crippen MR) is 84.1 cm³/mol. The van der Waals surface area contributed by atoms with Gasteiger partial charge in [0, 0.05) is 30.8 Å². The van der Waals surface area contributed by atoms with Crippen molar-refractivity contribution >= 4 is 22.4 Å². The van der Waals surface area contributed by atoms with Gasteiger partial charge in [0.2, 0.25) is 5.91 Å². The third-order valence-corrected chi connectivity index (χ3v) is 4.36. The molecule has 2 aromatic carbocycles. The van der Waals surface area contributed by atoms with Crippen LogP contribution in [0.2, 0.25) is 0 Å². The van der Waals surface area contributed by atoms with E-state index in [4.69, 9.17) is 10.5 Å². The normalized spacial score (nSPS) is 17.6. The lowest BCUT2D eigenvalue weighted by molar-refractivity contribution is -0.130. The quantitative estimate of drug-likeness (QED) is 0.910. The van der Waals surface area contributed by atoms with Crippen LogP contribution in [0.1, 0.15) is 12.8 Å². The molecule has 21 heavy (non-hydrogen) atoms. The first-order valence-corrected chi connectivity index (χ1v) is 7.32. The highest BCUT2D eigenvalue weighted by atomic mass is 16.5. The molecule has 0 radical (unpaired) electrons. The van der Waals surface area contributed by atoms with Crippen LogP contribution in [-0.4, -0.2) is 25.7 Å². The topological polar surface area (TPSA) is 64.4 Å². The lowest BCUT2D eigenvalue weighted by atomic mass is 9.79. The average Bonchev–Trinajstić information content (AvgIpc) is 2.56. The molecule has 3 N–H and O–H groups in total. The van der Waals surface area contributed by atoms with Crippen molar-refractivity contribution in [3.05, 3.63) is 42.5 Å². The smallest absolute Gasteiger partial charge is 0.232 e. The molecular weight excluding hydrogens is 264 g/mol. The number of amides is 1. The zero-order valence-corrected chi connectivity index (χ0v) is 12.0. The molecule has 0 unspecified atom stereocenters. The summed E-state index contributed by atoms with van der Waals surface area (Å²) in [5, 5.41) is 5.24. The summed E-state index contributed by atoms with van der Waals surface area (Å²) in [5.74, 6) is 0.00431. The fourth-order valence-electron chi connectivity index (χ4n) is 2.88. The van der Waals surface area contributed by atoms with Crippen molar-refractivity contribution in [2.24, 2.45) is 11.1 Å². The van der Waals surface area contributed by atoms with Gasteiger partial charge in [-0.3, -0.25) is 4.79 Å². The standard InChI is InChI=1S/C17H20N2O2/c18-12-17(8-10-21-11-9-17)16(20)19-15-7-3-5-13-4-1-2-6-14(13)15/h1-7H,8-12,18H2,(H,19,20). The van der Waals surface area contributed by atoms with Crippen LogP contribution in [-0.2, 0) is 9.53 Å². The summed E-state index contributed by atoms with van der Waals surface area (Å²) in [5.41, 5.74) is 6.23. The molecule has 1 fully saturated rings. The van der Waals surface area contributed by atoms with E-state index in [2.05, 4.69) is 5.32 Å². The number of hydrogen-bond donors (Lipinski definition) is 2. The zero-order valence-electron chi connectivity index (χ0n) is 12.0. The van der Waals surface area contributed by atoms with Crippen LogP contribution in [0.25, 0.3) is 10.8 Å². The zero-order chi connectivity index (χ0) is 14.7. The number of ether oxygens (including phenoxy) is 1. The van der Waals surface area contributed by atoms with E-state index in [0.29, 0.717) is 32.6 Å². The first kappa shape index (κ1) is 14.0. The van der Waals surface area contributed by atoms with Gasteiger partial charge in [0.1, 0.15) is 0 Å². The van der Waals surface area contributed by atoms with Crippen molar-refractivity contribution in [3.63, 3.8) is 0 Å². The van der Waals surface area contributed by atoms with Gasteiger partial charge in [-0.05, 0) is 24.3 Å². The third-order valence-electron chi connectivity index (χ3n) is 4.36. The minimum atomic E-state index is -0.505. The van der Waals surface area contributed by atoms with Gasteiger partial charge in [-0.15, -0.1) is 0 Å². The van der Waals surface area contributed by atoms with Crippen molar-refractivity contribution in [2.45, 2.75) is 12.8 Å². The summed E-state index contributed by atoms with van der Waals surface area (Å²) >= 11 is 0. The Kier molecular flexibility index (Phi) is 3.90. The number of hydrogen-bond acceptors (Lipinski definition) is 3. The van der Waals surface area contributed by atoms with E-state index in [0.717, 1.165) is 16.5 Å². The van der Waals surface area contributed by atoms with Gasteiger partial charge in [-0.25, -0.2) is 0 Å². The second-order valence-electron chi connectivity index (χ2n) is 5.58. The van der Waals surface area contributed by atoms with Crippen LogP contribution in [0.3, 0.4) is 0 Å². The molecule has 0 saturated carbocycles. The highest BCUT2D eigenvalue weighted by Crippen LogP contribution is 2.32. The molecule has 1 aliphatic heterocycles. The monoisotopic (exact) mass is 284 g/mol. The molecular formula is C17H20N2O2. The molecule has 4 heteroatoms. The van der Waals surface area contributed by atoms with Gasteiger partial charge < -0.3 is 15.8 Å². The van der Waals surface area contributed by atoms with E-state index in [-0.39, 0.29) is 5.91 Å². The van der Waals surface area contributed by atoms with Crippen molar-refractivity contribution in [3.8, 4) is 0 Å². The lowest BCUT2D eigenvalue weighted by Crippen LogP contribution is -2.46. The molecule has 0 aliphatic carbocycles. The molecule has 0 bridgehead atoms. The largest absolute Gasteiger partial charge is 0.381 e. The first-order valence-electron chi connectivity index (χ1n) is 7.32. The molecule has 1 heterocycles. The summed E-state index contributed by atoms with van der Waals surface area (Å²) in [4.78, 5) is 12.7. The molecule has 1 aliphatic rings. The third kappa shape index (κ3) is 2.64. The van der Waals surface area contributed by atoms with E-state index >= 15 is 0 Å². The minimum Gasteiger partial charge on any atom is -0.381 e. The molecule has 110 valence electrons. The van der Waals surface area contributed by atoms with Gasteiger partial charge in [0.15, 0.2) is 0 Å². The predicted octanol–water partition coefficient (Wildman–Crippen LogP) is 2.53. The van der Waals surface area contributed by atoms with Crippen LogP contribution >= 0.6 is 0 Å². The highest BCUT2D eigenvalue weighted by molar-refractivity contribution is 6.04. The van der Waals surface area contributed by atoms with Crippen LogP contribution in [0.15, 0.2) is 42.5 Å². The van der Waals surface area contributed by atoms with Gasteiger partial charge in [-0.1, -0.05) is 36.4 Å². The van der Waals surface area contributed by atoms with E-state index < -0.39 is 5.41 Å². The highest BCUT2D eigenvalue weighted by Gasteiger charge is 2.38. The fourth-order valence-corrected chi connectivity index (χ4v) is 2.88. The van der Waals surface area contributed by atoms with Crippen LogP contribution in [0.4, 0.5) is 5.69 Å². The number of fused-ring (bicyclic) bond motifs is 1. The molecule has 3 rings (SSSR count). The minimum absolute atomic E-state index is 0.00431. The van der Waals surface area contributed by atoms with Crippen molar-refractivity contribution in [1.82, 2.24) is 0 Å². The van der Waals surface area contributed by atoms with Crippen LogP contribution < -0.4 is 11.1 Å². The van der Waals surface area contributed by atoms with Crippen LogP contribution in [0, 0.1) is 5.41 Å². The number of nitrogens with one attached hydrogen (secondary N) is 1. The maximum Gasteiger partial charge on any atom is 0.232 e. The molecule has 0 aromatic heterocycles. The van der Waals surface area contributed by atoms with E-state index in [1.807, 2.05) is 42.5 Å². The Morgan fingerprint density at radius 1 is 1.14 bits per heavy atom. The van der Waals surface area contributed by atoms with Crippen molar-refractivity contribution in [1.29, 1.82) is 0 Å². The van der Waals surface area contributed by atoms with E-state index in [1.165, 1.54) is 0 Å². The fraction of sp³-hybridized carbons (Fsp3) is 0.353. The number of rotatable bonds is 3. The van der Waals surface area contributed by atoms with Crippen molar-refractivity contribution in [2.75, 3.05) is 25.1 Å². The lowest BCUT2D eigenvalue weighted by Gasteiger charge is -2.34. The number of carbonyl (C=O) groups is 1. The maximum absolute atomic E-state index is 12.7. The number of anilines is 1. The van der Waals surface area contributed by atoms with Crippen LogP contribution in [0.5, 0.6) is 0 Å². The Morgan fingerprint density at radius 2 is 1.86 bits per heavy atom. The first-order chi connectivity index (χ1) is 10.2. The second-order valence-corrected chi connectivity index (χ2v) is 5.58. The van der Waals surface area contributed by atoms with Gasteiger partial charge in [0.25, 0.3) is 0 Å². The summed E-state index contributed by atoms with van der Waals surface area (Å²) in [6.45, 7) is 1.55. The molecule has 0 atom stereocenters. The van der Waals surface area contributed by atoms with Gasteiger partial charge >= 0.3 is 0 Å². The molecule has 2 aromatic rings. The van der Waals surface area contributed by atoms with E-state index in [1.54, 1.807) is 0 Å². The Bertz CT molecular complexity index is 643. The Balaban J connectivity index is 1.89. The Morgan fingerprint density at radius 3 is 2.62 bits per heavy atom. The van der Waals surface area contributed by atoms with E-state index in [9.17, 15) is 4.79 Å². The van der Waals surface area contributed by atoms with Crippen molar-refractivity contribution < 1.29 is 9.53 Å². The summed E-state index contributed by atoms with van der Waals surface area (Å²) < 4.78 is 5.36. The van der Waals surface area contributed by atoms with Gasteiger partial charge in [-0.2, -0.15) is 0 Å². The summed E-state index contributed by atoms with van der Waals surface area (Å²) in [7, 11) is 0. The summed E-state index contributed by atoms with van der Waals surface area (Å²) in [6, 6.07) is 14.0. The molecule has 0 spiro atoms. The molecule has 1 amide bonds. The molecule has 1 saturated heterocycles. The second kappa shape index (κ2) is 5.84.